The van der Waals surface area contributed by atoms with Crippen LogP contribution < -0.4 is 29.8 Å². The van der Waals surface area contributed by atoms with Crippen molar-refractivity contribution in [3.05, 3.63) is 76.1 Å². The molecular weight excluding hydrogens is 518 g/mol. The van der Waals surface area contributed by atoms with Crippen LogP contribution in [0.1, 0.15) is 31.4 Å². The molecule has 0 saturated carbocycles. The molecule has 0 radical (unpaired) electrons. The Labute approximate surface area is 229 Å². The van der Waals surface area contributed by atoms with Crippen molar-refractivity contribution in [1.29, 1.82) is 0 Å². The lowest BCUT2D eigenvalue weighted by molar-refractivity contribution is -0.115. The van der Waals surface area contributed by atoms with Crippen LogP contribution in [0.5, 0.6) is 23.0 Å². The Kier molecular flexibility index (Phi) is 6.78. The van der Waals surface area contributed by atoms with Crippen molar-refractivity contribution < 1.29 is 23.7 Å². The Morgan fingerprint density at radius 2 is 1.59 bits per heavy atom. The van der Waals surface area contributed by atoms with E-state index in [1.54, 1.807) is 16.7 Å². The molecule has 9 nitrogen and oxygen atoms in total. The van der Waals surface area contributed by atoms with E-state index < -0.39 is 5.25 Å². The third-order valence-corrected chi connectivity index (χ3v) is 8.09. The topological polar surface area (TPSA) is 101 Å². The summed E-state index contributed by atoms with van der Waals surface area (Å²) < 4.78 is 23.6. The number of nitrogens with one attached hydrogen (secondary N) is 1. The van der Waals surface area contributed by atoms with Crippen molar-refractivity contribution in [3.63, 3.8) is 0 Å². The van der Waals surface area contributed by atoms with Crippen LogP contribution in [-0.2, 0) is 17.8 Å². The first kappa shape index (κ1) is 25.1. The van der Waals surface area contributed by atoms with E-state index in [2.05, 4.69) is 12.2 Å². The lowest BCUT2D eigenvalue weighted by Crippen LogP contribution is -2.28. The van der Waals surface area contributed by atoms with E-state index in [1.807, 2.05) is 49.4 Å². The van der Waals surface area contributed by atoms with Gasteiger partial charge in [-0.2, -0.15) is 0 Å². The minimum atomic E-state index is -0.475. The van der Waals surface area contributed by atoms with Gasteiger partial charge in [0.05, 0.1) is 22.7 Å². The van der Waals surface area contributed by atoms with Crippen LogP contribution in [0.4, 0.5) is 5.69 Å². The molecule has 200 valence electrons. The second-order valence-electron chi connectivity index (χ2n) is 9.25. The minimum absolute atomic E-state index is 0.0932. The maximum absolute atomic E-state index is 13.8. The molecule has 4 aromatic rings. The van der Waals surface area contributed by atoms with Crippen molar-refractivity contribution >= 4 is 34.3 Å². The monoisotopic (exact) mass is 545 g/mol. The molecule has 39 heavy (non-hydrogen) atoms. The number of rotatable bonds is 8. The van der Waals surface area contributed by atoms with Crippen molar-refractivity contribution in [2.45, 2.75) is 43.6 Å². The predicted molar refractivity (Wildman–Crippen MR) is 148 cm³/mol. The fraction of sp³-hybridized carbons (Fsp3) is 0.276. The Morgan fingerprint density at radius 1 is 0.923 bits per heavy atom. The summed E-state index contributed by atoms with van der Waals surface area (Å²) >= 11 is 1.27. The molecule has 0 aliphatic carbocycles. The SMILES string of the molecule is CCc1ccc(NC(=O)[C@@H](CC)Sc2nc3cc4c(cc3c(=O)n2Cc2ccc3c(c2)OCO3)OCO4)cc1. The van der Waals surface area contributed by atoms with Gasteiger partial charge in [0.2, 0.25) is 19.5 Å². The molecule has 1 N–H and O–H groups in total. The largest absolute Gasteiger partial charge is 0.454 e. The maximum atomic E-state index is 13.8. The summed E-state index contributed by atoms with van der Waals surface area (Å²) in [5.41, 5.74) is 3.03. The Bertz CT molecular complexity index is 1620. The van der Waals surface area contributed by atoms with Gasteiger partial charge in [-0.3, -0.25) is 14.2 Å². The standard InChI is InChI=1S/C29H27N3O6S/c1-3-17-5-8-19(9-6-17)30-27(33)26(4-2)39-29-31-21-13-25-24(37-16-38-25)12-20(21)28(34)32(29)14-18-7-10-22-23(11-18)36-15-35-22/h5-13,26H,3-4,14-16H2,1-2H3,(H,30,33)/t26-/m1/s1. The van der Waals surface area contributed by atoms with Crippen LogP contribution in [-0.4, -0.2) is 34.3 Å². The quantitative estimate of drug-likeness (QED) is 0.245. The summed E-state index contributed by atoms with van der Waals surface area (Å²) in [6.45, 7) is 4.53. The summed E-state index contributed by atoms with van der Waals surface area (Å²) in [6.07, 6.45) is 1.47. The zero-order chi connectivity index (χ0) is 26.9. The highest BCUT2D eigenvalue weighted by Gasteiger charge is 2.25. The van der Waals surface area contributed by atoms with Gasteiger partial charge in [0.25, 0.3) is 5.56 Å². The first-order valence-corrected chi connectivity index (χ1v) is 13.7. The molecule has 0 saturated heterocycles. The fourth-order valence-electron chi connectivity index (χ4n) is 4.54. The van der Waals surface area contributed by atoms with Crippen LogP contribution in [0.25, 0.3) is 10.9 Å². The van der Waals surface area contributed by atoms with E-state index in [0.29, 0.717) is 45.5 Å². The average molecular weight is 546 g/mol. The van der Waals surface area contributed by atoms with Crippen LogP contribution in [0, 0.1) is 0 Å². The first-order valence-electron chi connectivity index (χ1n) is 12.8. The van der Waals surface area contributed by atoms with Crippen LogP contribution in [0.2, 0.25) is 0 Å². The van der Waals surface area contributed by atoms with Crippen molar-refractivity contribution in [2.24, 2.45) is 0 Å². The van der Waals surface area contributed by atoms with Crippen LogP contribution in [0.3, 0.4) is 0 Å². The number of aryl methyl sites for hydroxylation is 1. The van der Waals surface area contributed by atoms with Crippen molar-refractivity contribution in [1.82, 2.24) is 9.55 Å². The van der Waals surface area contributed by atoms with Gasteiger partial charge in [-0.25, -0.2) is 4.98 Å². The molecule has 2 aliphatic rings. The molecular formula is C29H27N3O6S. The van der Waals surface area contributed by atoms with Gasteiger partial charge in [0.15, 0.2) is 28.2 Å². The molecule has 3 aromatic carbocycles. The number of benzene rings is 3. The number of carbonyl (C=O) groups is 1. The zero-order valence-electron chi connectivity index (χ0n) is 21.6. The molecule has 2 aliphatic heterocycles. The Morgan fingerprint density at radius 3 is 2.31 bits per heavy atom. The summed E-state index contributed by atoms with van der Waals surface area (Å²) in [4.78, 5) is 32.0. The second kappa shape index (κ2) is 10.5. The maximum Gasteiger partial charge on any atom is 0.262 e. The summed E-state index contributed by atoms with van der Waals surface area (Å²) in [6, 6.07) is 16.8. The number of fused-ring (bicyclic) bond motifs is 3. The molecule has 6 rings (SSSR count). The lowest BCUT2D eigenvalue weighted by atomic mass is 10.1. The van der Waals surface area contributed by atoms with Gasteiger partial charge in [0, 0.05) is 11.8 Å². The Balaban J connectivity index is 1.36. The van der Waals surface area contributed by atoms with E-state index in [9.17, 15) is 9.59 Å². The van der Waals surface area contributed by atoms with Gasteiger partial charge in [0.1, 0.15) is 0 Å². The van der Waals surface area contributed by atoms with Gasteiger partial charge in [-0.15, -0.1) is 0 Å². The zero-order valence-corrected chi connectivity index (χ0v) is 22.4. The molecule has 1 atom stereocenters. The third kappa shape index (κ3) is 4.99. The molecule has 0 spiro atoms. The summed E-state index contributed by atoms with van der Waals surface area (Å²) in [7, 11) is 0. The molecule has 3 heterocycles. The van der Waals surface area contributed by atoms with Crippen LogP contribution >= 0.6 is 11.8 Å². The number of carbonyl (C=O) groups excluding carboxylic acids is 1. The van der Waals surface area contributed by atoms with Crippen LogP contribution in [0.15, 0.2) is 64.5 Å². The first-order chi connectivity index (χ1) is 19.0. The number of anilines is 1. The molecule has 1 aromatic heterocycles. The second-order valence-corrected chi connectivity index (χ2v) is 10.4. The van der Waals surface area contributed by atoms with E-state index in [0.717, 1.165) is 17.7 Å². The smallest absolute Gasteiger partial charge is 0.262 e. The molecule has 10 heteroatoms. The lowest BCUT2D eigenvalue weighted by Gasteiger charge is -2.18. The van der Waals surface area contributed by atoms with Gasteiger partial charge in [-0.05, 0) is 54.3 Å². The number of thioether (sulfide) groups is 1. The van der Waals surface area contributed by atoms with Crippen molar-refractivity contribution in [2.75, 3.05) is 18.9 Å². The Hall–Kier alpha value is -4.18. The number of ether oxygens (including phenoxy) is 4. The molecule has 0 bridgehead atoms. The van der Waals surface area contributed by atoms with E-state index in [-0.39, 0.29) is 31.6 Å². The van der Waals surface area contributed by atoms with E-state index in [4.69, 9.17) is 23.9 Å². The molecule has 0 fully saturated rings. The van der Waals surface area contributed by atoms with E-state index >= 15 is 0 Å². The molecule has 1 amide bonds. The summed E-state index contributed by atoms with van der Waals surface area (Å²) in [5, 5.41) is 3.38. The highest BCUT2D eigenvalue weighted by molar-refractivity contribution is 8.00. The number of hydrogen-bond acceptors (Lipinski definition) is 8. The summed E-state index contributed by atoms with van der Waals surface area (Å²) in [5.74, 6) is 2.20. The fourth-order valence-corrected chi connectivity index (χ4v) is 5.55. The van der Waals surface area contributed by atoms with Gasteiger partial charge < -0.3 is 24.3 Å². The van der Waals surface area contributed by atoms with Gasteiger partial charge in [-0.1, -0.05) is 43.8 Å². The highest BCUT2D eigenvalue weighted by atomic mass is 32.2. The van der Waals surface area contributed by atoms with Gasteiger partial charge >= 0.3 is 0 Å². The van der Waals surface area contributed by atoms with Crippen molar-refractivity contribution in [3.8, 4) is 23.0 Å². The normalized spacial score (nSPS) is 14.0. The predicted octanol–water partition coefficient (Wildman–Crippen LogP) is 4.97. The number of amides is 1. The average Bonchev–Trinajstić information content (AvgIpc) is 3.62. The number of nitrogens with zero attached hydrogens (tertiary/aromatic N) is 2. The molecule has 0 unspecified atom stereocenters. The number of aromatic nitrogens is 2. The van der Waals surface area contributed by atoms with E-state index in [1.165, 1.54) is 17.3 Å². The third-order valence-electron chi connectivity index (χ3n) is 6.73. The number of hydrogen-bond donors (Lipinski definition) is 1. The highest BCUT2D eigenvalue weighted by Crippen LogP contribution is 2.36. The minimum Gasteiger partial charge on any atom is -0.454 e.